The van der Waals surface area contributed by atoms with E-state index in [9.17, 15) is 13.2 Å². The van der Waals surface area contributed by atoms with Crippen LogP contribution < -0.4 is 4.90 Å². The van der Waals surface area contributed by atoms with Crippen molar-refractivity contribution in [1.29, 1.82) is 0 Å². The zero-order chi connectivity index (χ0) is 20.2. The van der Waals surface area contributed by atoms with Gasteiger partial charge in [0.05, 0.1) is 11.5 Å². The highest BCUT2D eigenvalue weighted by Crippen LogP contribution is 2.54. The summed E-state index contributed by atoms with van der Waals surface area (Å²) in [5.74, 6) is 1.82. The number of fused-ring (bicyclic) bond motifs is 1. The van der Waals surface area contributed by atoms with Gasteiger partial charge in [0, 0.05) is 18.2 Å². The van der Waals surface area contributed by atoms with Crippen LogP contribution in [0.4, 0.5) is 5.69 Å². The van der Waals surface area contributed by atoms with E-state index in [-0.39, 0.29) is 17.4 Å². The normalized spacial score (nSPS) is 23.8. The Hall–Kier alpha value is -2.14. The number of nitrogens with zero attached hydrogens (tertiary/aromatic N) is 1. The van der Waals surface area contributed by atoms with Gasteiger partial charge in [0.1, 0.15) is 0 Å². The molecule has 2 saturated carbocycles. The fourth-order valence-corrected chi connectivity index (χ4v) is 6.29. The fourth-order valence-electron chi connectivity index (χ4n) is 4.80. The predicted molar refractivity (Wildman–Crippen MR) is 114 cm³/mol. The number of carbonyl (C=O) groups is 1. The molecular formula is C24H27NO3S. The Kier molecular flexibility index (Phi) is 4.54. The summed E-state index contributed by atoms with van der Waals surface area (Å²) in [6.07, 6.45) is 4.99. The number of sulfone groups is 1. The first-order chi connectivity index (χ1) is 13.9. The molecule has 1 aliphatic heterocycles. The molecular weight excluding hydrogens is 382 g/mol. The second-order valence-corrected chi connectivity index (χ2v) is 11.1. The van der Waals surface area contributed by atoms with Crippen LogP contribution in [0.25, 0.3) is 0 Å². The smallest absolute Gasteiger partial charge is 0.227 e. The number of hydrogen-bond acceptors (Lipinski definition) is 3. The topological polar surface area (TPSA) is 54.5 Å². The van der Waals surface area contributed by atoms with Crippen LogP contribution in [0, 0.1) is 18.8 Å². The number of carbonyl (C=O) groups excluding carboxylic acids is 1. The maximum absolute atomic E-state index is 12.7. The van der Waals surface area contributed by atoms with Crippen LogP contribution in [-0.4, -0.2) is 20.4 Å². The van der Waals surface area contributed by atoms with Crippen LogP contribution in [0.2, 0.25) is 0 Å². The Labute approximate surface area is 172 Å². The molecule has 2 unspecified atom stereocenters. The van der Waals surface area contributed by atoms with Gasteiger partial charge in [-0.25, -0.2) is 8.42 Å². The van der Waals surface area contributed by atoms with Crippen molar-refractivity contribution in [3.05, 3.63) is 64.7 Å². The summed E-state index contributed by atoms with van der Waals surface area (Å²) in [7, 11) is -3.25. The standard InChI is InChI=1S/C24H27NO3S/c1-16-2-4-17(5-3-16)14-29(27,28)15-18-6-10-22-20(12-18)9-11-24(26)25(22)23-13-21(23)19-7-8-19/h2-6,10,12,19,21,23H,7-9,11,13-15H2,1H3. The average Bonchev–Trinajstić information content (AvgIpc) is 3.56. The summed E-state index contributed by atoms with van der Waals surface area (Å²) in [6.45, 7) is 1.99. The molecule has 4 nitrogen and oxygen atoms in total. The maximum atomic E-state index is 12.7. The van der Waals surface area contributed by atoms with E-state index in [0.717, 1.165) is 40.3 Å². The van der Waals surface area contributed by atoms with Crippen molar-refractivity contribution in [2.45, 2.75) is 56.6 Å². The molecule has 29 heavy (non-hydrogen) atoms. The molecule has 0 spiro atoms. The fraction of sp³-hybridized carbons (Fsp3) is 0.458. The average molecular weight is 410 g/mol. The van der Waals surface area contributed by atoms with Gasteiger partial charge in [-0.3, -0.25) is 4.79 Å². The van der Waals surface area contributed by atoms with Gasteiger partial charge in [-0.2, -0.15) is 0 Å². The lowest BCUT2D eigenvalue weighted by molar-refractivity contribution is -0.119. The van der Waals surface area contributed by atoms with Gasteiger partial charge in [-0.1, -0.05) is 42.0 Å². The Morgan fingerprint density at radius 3 is 2.38 bits per heavy atom. The van der Waals surface area contributed by atoms with Crippen molar-refractivity contribution in [1.82, 2.24) is 0 Å². The second kappa shape index (κ2) is 6.98. The summed E-state index contributed by atoms with van der Waals surface area (Å²) in [4.78, 5) is 14.6. The molecule has 2 aliphatic carbocycles. The molecule has 0 radical (unpaired) electrons. The Bertz CT molecular complexity index is 1050. The van der Waals surface area contributed by atoms with Gasteiger partial charge in [-0.15, -0.1) is 0 Å². The molecule has 1 amide bonds. The van der Waals surface area contributed by atoms with Gasteiger partial charge in [0.2, 0.25) is 5.91 Å². The molecule has 0 bridgehead atoms. The molecule has 2 fully saturated rings. The summed E-state index contributed by atoms with van der Waals surface area (Å²) in [5, 5.41) is 0. The van der Waals surface area contributed by atoms with Crippen molar-refractivity contribution in [3.8, 4) is 0 Å². The summed E-state index contributed by atoms with van der Waals surface area (Å²) < 4.78 is 25.4. The third-order valence-electron chi connectivity index (χ3n) is 6.54. The minimum absolute atomic E-state index is 0.0379. The molecule has 5 rings (SSSR count). The first-order valence-corrected chi connectivity index (χ1v) is 12.4. The molecule has 2 atom stereocenters. The zero-order valence-corrected chi connectivity index (χ0v) is 17.6. The molecule has 5 heteroatoms. The lowest BCUT2D eigenvalue weighted by Crippen LogP contribution is -2.38. The van der Waals surface area contributed by atoms with E-state index < -0.39 is 9.84 Å². The van der Waals surface area contributed by atoms with Crippen LogP contribution in [-0.2, 0) is 32.6 Å². The number of rotatable bonds is 6. The molecule has 152 valence electrons. The van der Waals surface area contributed by atoms with Crippen LogP contribution in [0.5, 0.6) is 0 Å². The Morgan fingerprint density at radius 1 is 0.966 bits per heavy atom. The Morgan fingerprint density at radius 2 is 1.66 bits per heavy atom. The quantitative estimate of drug-likeness (QED) is 0.719. The number of amides is 1. The number of benzene rings is 2. The minimum Gasteiger partial charge on any atom is -0.309 e. The van der Waals surface area contributed by atoms with E-state index in [0.29, 0.717) is 24.8 Å². The van der Waals surface area contributed by atoms with E-state index in [1.807, 2.05) is 54.3 Å². The third kappa shape index (κ3) is 3.97. The highest BCUT2D eigenvalue weighted by molar-refractivity contribution is 7.89. The van der Waals surface area contributed by atoms with Crippen LogP contribution in [0.1, 0.15) is 47.9 Å². The summed E-state index contributed by atoms with van der Waals surface area (Å²) in [5.41, 5.74) is 4.90. The summed E-state index contributed by atoms with van der Waals surface area (Å²) >= 11 is 0. The SMILES string of the molecule is Cc1ccc(CS(=O)(=O)Cc2ccc3c(c2)CCC(=O)N3C2CC2C2CC2)cc1. The number of anilines is 1. The first-order valence-electron chi connectivity index (χ1n) is 10.6. The van der Waals surface area contributed by atoms with Gasteiger partial charge in [-0.05, 0) is 67.2 Å². The van der Waals surface area contributed by atoms with Gasteiger partial charge in [0.15, 0.2) is 9.84 Å². The van der Waals surface area contributed by atoms with Gasteiger partial charge >= 0.3 is 0 Å². The van der Waals surface area contributed by atoms with Crippen molar-refractivity contribution >= 4 is 21.4 Å². The van der Waals surface area contributed by atoms with E-state index in [4.69, 9.17) is 0 Å². The van der Waals surface area contributed by atoms with E-state index in [1.54, 1.807) is 0 Å². The minimum atomic E-state index is -3.25. The van der Waals surface area contributed by atoms with Crippen molar-refractivity contribution < 1.29 is 13.2 Å². The van der Waals surface area contributed by atoms with E-state index >= 15 is 0 Å². The molecule has 0 saturated heterocycles. The third-order valence-corrected chi connectivity index (χ3v) is 8.08. The molecule has 2 aromatic rings. The molecule has 3 aliphatic rings. The molecule has 2 aromatic carbocycles. The molecule has 0 aromatic heterocycles. The van der Waals surface area contributed by atoms with Crippen LogP contribution in [0.3, 0.4) is 0 Å². The maximum Gasteiger partial charge on any atom is 0.227 e. The van der Waals surface area contributed by atoms with Gasteiger partial charge < -0.3 is 4.90 Å². The van der Waals surface area contributed by atoms with Crippen molar-refractivity contribution in [3.63, 3.8) is 0 Å². The van der Waals surface area contributed by atoms with E-state index in [1.165, 1.54) is 12.8 Å². The largest absolute Gasteiger partial charge is 0.309 e. The lowest BCUT2D eigenvalue weighted by Gasteiger charge is -2.30. The predicted octanol–water partition coefficient (Wildman–Crippen LogP) is 4.19. The second-order valence-electron chi connectivity index (χ2n) is 9.05. The highest BCUT2D eigenvalue weighted by atomic mass is 32.2. The first kappa shape index (κ1) is 18.9. The lowest BCUT2D eigenvalue weighted by atomic mass is 9.98. The van der Waals surface area contributed by atoms with Crippen molar-refractivity contribution in [2.75, 3.05) is 4.90 Å². The highest BCUT2D eigenvalue weighted by Gasteiger charge is 2.52. The van der Waals surface area contributed by atoms with E-state index in [2.05, 4.69) is 0 Å². The van der Waals surface area contributed by atoms with Crippen molar-refractivity contribution in [2.24, 2.45) is 11.8 Å². The van der Waals surface area contributed by atoms with Gasteiger partial charge in [0.25, 0.3) is 0 Å². The number of hydrogen-bond donors (Lipinski definition) is 0. The Balaban J connectivity index is 1.33. The summed E-state index contributed by atoms with van der Waals surface area (Å²) in [6, 6.07) is 13.9. The zero-order valence-electron chi connectivity index (χ0n) is 16.8. The molecule has 1 heterocycles. The van der Waals surface area contributed by atoms with Crippen LogP contribution in [0.15, 0.2) is 42.5 Å². The van der Waals surface area contributed by atoms with Crippen LogP contribution >= 0.6 is 0 Å². The molecule has 0 N–H and O–H groups in total. The monoisotopic (exact) mass is 409 g/mol. The number of aryl methyl sites for hydroxylation is 2.